The number of carboxylic acids is 1. The summed E-state index contributed by atoms with van der Waals surface area (Å²) in [5, 5.41) is 20.0. The number of fused-ring (bicyclic) bond motifs is 1. The number of hydrogen-bond donors (Lipinski definition) is 3. The third-order valence-corrected chi connectivity index (χ3v) is 2.62. The van der Waals surface area contributed by atoms with Gasteiger partial charge in [0.2, 0.25) is 6.79 Å². The molecular formula is C12H13NO6. The molecule has 0 fully saturated rings. The predicted molar refractivity (Wildman–Crippen MR) is 63.2 cm³/mol. The number of ether oxygens (including phenoxy) is 2. The average Bonchev–Trinajstić information content (AvgIpc) is 2.85. The number of benzene rings is 1. The summed E-state index contributed by atoms with van der Waals surface area (Å²) in [4.78, 5) is 22.1. The van der Waals surface area contributed by atoms with Crippen molar-refractivity contribution in [3.05, 3.63) is 23.8 Å². The fourth-order valence-corrected chi connectivity index (χ4v) is 1.59. The van der Waals surface area contributed by atoms with Gasteiger partial charge in [-0.05, 0) is 18.2 Å². The Kier molecular flexibility index (Phi) is 3.86. The van der Waals surface area contributed by atoms with E-state index in [2.05, 4.69) is 5.32 Å². The van der Waals surface area contributed by atoms with E-state index in [1.54, 1.807) is 18.2 Å². The molecule has 102 valence electrons. The van der Waals surface area contributed by atoms with E-state index >= 15 is 0 Å². The van der Waals surface area contributed by atoms with Crippen molar-refractivity contribution in [2.24, 2.45) is 0 Å². The topological polar surface area (TPSA) is 105 Å². The predicted octanol–water partition coefficient (Wildman–Crippen LogP) is -0.0193. The minimum Gasteiger partial charge on any atom is -0.479 e. The third kappa shape index (κ3) is 3.14. The maximum Gasteiger partial charge on any atom is 0.332 e. The highest BCUT2D eigenvalue weighted by atomic mass is 16.7. The third-order valence-electron chi connectivity index (χ3n) is 2.62. The molecule has 0 radical (unpaired) electrons. The van der Waals surface area contributed by atoms with Gasteiger partial charge in [0, 0.05) is 18.5 Å². The number of carbonyl (C=O) groups excluding carboxylic acids is 1. The van der Waals surface area contributed by atoms with E-state index in [4.69, 9.17) is 19.7 Å². The number of nitrogens with one attached hydrogen (secondary N) is 1. The maximum atomic E-state index is 11.8. The monoisotopic (exact) mass is 267 g/mol. The number of carbonyl (C=O) groups is 2. The molecule has 1 aliphatic heterocycles. The van der Waals surface area contributed by atoms with Gasteiger partial charge in [-0.2, -0.15) is 0 Å². The fraction of sp³-hybridized carbons (Fsp3) is 0.333. The molecule has 1 aliphatic rings. The summed E-state index contributed by atoms with van der Waals surface area (Å²) in [6, 6.07) is 4.76. The van der Waals surface area contributed by atoms with Gasteiger partial charge in [0.25, 0.3) is 5.91 Å². The van der Waals surface area contributed by atoms with Gasteiger partial charge in [0.15, 0.2) is 17.6 Å². The number of hydrogen-bond acceptors (Lipinski definition) is 5. The van der Waals surface area contributed by atoms with E-state index in [-0.39, 0.29) is 25.7 Å². The second-order valence-corrected chi connectivity index (χ2v) is 3.97. The van der Waals surface area contributed by atoms with Crippen LogP contribution in [0.4, 0.5) is 0 Å². The second-order valence-electron chi connectivity index (χ2n) is 3.97. The molecule has 0 saturated heterocycles. The Hall–Kier alpha value is -2.28. The number of rotatable bonds is 5. The summed E-state index contributed by atoms with van der Waals surface area (Å²) < 4.78 is 10.3. The molecule has 0 spiro atoms. The SMILES string of the molecule is O=C(NCC[C@H](O)C(=O)O)c1ccc2c(c1)OCO2. The van der Waals surface area contributed by atoms with Gasteiger partial charge in [-0.3, -0.25) is 4.79 Å². The van der Waals surface area contributed by atoms with E-state index in [0.717, 1.165) is 0 Å². The molecule has 0 aliphatic carbocycles. The van der Waals surface area contributed by atoms with Crippen molar-refractivity contribution in [3.8, 4) is 11.5 Å². The Morgan fingerprint density at radius 1 is 1.32 bits per heavy atom. The van der Waals surface area contributed by atoms with Crippen LogP contribution in [0, 0.1) is 0 Å². The van der Waals surface area contributed by atoms with Crippen LogP contribution in [0.3, 0.4) is 0 Å². The van der Waals surface area contributed by atoms with Gasteiger partial charge in [0.05, 0.1) is 0 Å². The van der Waals surface area contributed by atoms with Gasteiger partial charge in [-0.15, -0.1) is 0 Å². The average molecular weight is 267 g/mol. The summed E-state index contributed by atoms with van der Waals surface area (Å²) in [7, 11) is 0. The first-order valence-electron chi connectivity index (χ1n) is 5.66. The molecule has 1 aromatic rings. The van der Waals surface area contributed by atoms with E-state index in [9.17, 15) is 9.59 Å². The van der Waals surface area contributed by atoms with Crippen molar-refractivity contribution in [1.29, 1.82) is 0 Å². The first-order chi connectivity index (χ1) is 9.08. The Bertz CT molecular complexity index is 501. The number of aliphatic hydroxyl groups excluding tert-OH is 1. The van der Waals surface area contributed by atoms with Crippen molar-refractivity contribution in [3.63, 3.8) is 0 Å². The molecule has 0 unspecified atom stereocenters. The quantitative estimate of drug-likeness (QED) is 0.692. The van der Waals surface area contributed by atoms with Crippen LogP contribution >= 0.6 is 0 Å². The smallest absolute Gasteiger partial charge is 0.332 e. The summed E-state index contributed by atoms with van der Waals surface area (Å²) in [6.45, 7) is 0.200. The lowest BCUT2D eigenvalue weighted by Crippen LogP contribution is -2.30. The van der Waals surface area contributed by atoms with Crippen molar-refractivity contribution < 1.29 is 29.3 Å². The molecular weight excluding hydrogens is 254 g/mol. The molecule has 7 nitrogen and oxygen atoms in total. The van der Waals surface area contributed by atoms with Crippen molar-refractivity contribution >= 4 is 11.9 Å². The molecule has 1 amide bonds. The van der Waals surface area contributed by atoms with Crippen LogP contribution in [-0.4, -0.2) is 41.5 Å². The van der Waals surface area contributed by atoms with Crippen LogP contribution in [0.15, 0.2) is 18.2 Å². The van der Waals surface area contributed by atoms with Crippen molar-refractivity contribution in [1.82, 2.24) is 5.32 Å². The Morgan fingerprint density at radius 2 is 2.05 bits per heavy atom. The zero-order valence-corrected chi connectivity index (χ0v) is 9.96. The van der Waals surface area contributed by atoms with E-state index in [1.165, 1.54) is 0 Å². The summed E-state index contributed by atoms with van der Waals surface area (Å²) in [6.07, 6.45) is -1.52. The van der Waals surface area contributed by atoms with Crippen molar-refractivity contribution in [2.45, 2.75) is 12.5 Å². The fourth-order valence-electron chi connectivity index (χ4n) is 1.59. The number of carboxylic acid groups (broad SMARTS) is 1. The van der Waals surface area contributed by atoms with E-state index in [1.807, 2.05) is 0 Å². The zero-order valence-electron chi connectivity index (χ0n) is 9.96. The van der Waals surface area contributed by atoms with Crippen molar-refractivity contribution in [2.75, 3.05) is 13.3 Å². The molecule has 2 rings (SSSR count). The van der Waals surface area contributed by atoms with Crippen LogP contribution in [-0.2, 0) is 4.79 Å². The molecule has 7 heteroatoms. The molecule has 1 aromatic carbocycles. The molecule has 1 atom stereocenters. The Balaban J connectivity index is 1.88. The van der Waals surface area contributed by atoms with E-state index < -0.39 is 12.1 Å². The Labute approximate surface area is 108 Å². The summed E-state index contributed by atoms with van der Waals surface area (Å²) in [5.41, 5.74) is 0.383. The normalized spacial score (nSPS) is 13.9. The molecule has 0 aromatic heterocycles. The number of amides is 1. The minimum atomic E-state index is -1.47. The van der Waals surface area contributed by atoms with Crippen LogP contribution in [0.2, 0.25) is 0 Å². The number of aliphatic hydroxyl groups is 1. The van der Waals surface area contributed by atoms with E-state index in [0.29, 0.717) is 17.1 Å². The standard InChI is InChI=1S/C12H13NO6/c14-8(12(16)17)3-4-13-11(15)7-1-2-9-10(5-7)19-6-18-9/h1-2,5,8,14H,3-4,6H2,(H,13,15)(H,16,17)/t8-/m0/s1. The van der Waals surface area contributed by atoms with Crippen LogP contribution in [0.5, 0.6) is 11.5 Å². The van der Waals surface area contributed by atoms with Crippen LogP contribution in [0.25, 0.3) is 0 Å². The first kappa shape index (κ1) is 13.2. The lowest BCUT2D eigenvalue weighted by atomic mass is 10.2. The molecule has 1 heterocycles. The van der Waals surface area contributed by atoms with Gasteiger partial charge < -0.3 is 25.0 Å². The van der Waals surface area contributed by atoms with Gasteiger partial charge in [-0.1, -0.05) is 0 Å². The van der Waals surface area contributed by atoms with Crippen LogP contribution < -0.4 is 14.8 Å². The lowest BCUT2D eigenvalue weighted by molar-refractivity contribution is -0.146. The number of aliphatic carboxylic acids is 1. The Morgan fingerprint density at radius 3 is 2.79 bits per heavy atom. The van der Waals surface area contributed by atoms with Gasteiger partial charge >= 0.3 is 5.97 Å². The molecule has 3 N–H and O–H groups in total. The summed E-state index contributed by atoms with van der Waals surface area (Å²) in [5.74, 6) is -0.593. The zero-order chi connectivity index (χ0) is 13.8. The highest BCUT2D eigenvalue weighted by Gasteiger charge is 2.17. The van der Waals surface area contributed by atoms with Crippen LogP contribution in [0.1, 0.15) is 16.8 Å². The molecule has 0 saturated carbocycles. The molecule has 19 heavy (non-hydrogen) atoms. The molecule has 0 bridgehead atoms. The minimum absolute atomic E-state index is 0.0500. The maximum absolute atomic E-state index is 11.8. The first-order valence-corrected chi connectivity index (χ1v) is 5.66. The lowest BCUT2D eigenvalue weighted by Gasteiger charge is -2.07. The van der Waals surface area contributed by atoms with Gasteiger partial charge in [0.1, 0.15) is 0 Å². The summed E-state index contributed by atoms with van der Waals surface area (Å²) >= 11 is 0. The second kappa shape index (κ2) is 5.57. The highest BCUT2D eigenvalue weighted by Crippen LogP contribution is 2.32. The largest absolute Gasteiger partial charge is 0.479 e. The van der Waals surface area contributed by atoms with Gasteiger partial charge in [-0.25, -0.2) is 4.79 Å². The highest BCUT2D eigenvalue weighted by molar-refractivity contribution is 5.94.